The minimum Gasteiger partial charge on any atom is -0.478 e. The fraction of sp³-hybridized carbons (Fsp3) is 0.133. The Balaban J connectivity index is 2.45. The van der Waals surface area contributed by atoms with Crippen LogP contribution in [0.15, 0.2) is 36.4 Å². The summed E-state index contributed by atoms with van der Waals surface area (Å²) in [4.78, 5) is 21.5. The summed E-state index contributed by atoms with van der Waals surface area (Å²) < 4.78 is 5.54. The molecule has 0 radical (unpaired) electrons. The van der Waals surface area contributed by atoms with Crippen molar-refractivity contribution in [1.82, 2.24) is 0 Å². The molecule has 2 rings (SSSR count). The smallest absolute Gasteiger partial charge is 0.339 e. The molecule has 0 aromatic heterocycles. The van der Waals surface area contributed by atoms with E-state index >= 15 is 0 Å². The molecule has 0 heterocycles. The van der Waals surface area contributed by atoms with Crippen LogP contribution >= 0.6 is 0 Å². The number of aromatic carboxylic acids is 1. The molecule has 0 aliphatic carbocycles. The zero-order chi connectivity index (χ0) is 15.6. The summed E-state index contributed by atoms with van der Waals surface area (Å²) in [6.45, 7) is 3.51. The number of hydrogen-bond donors (Lipinski definition) is 1. The number of carbonyl (C=O) groups is 1. The van der Waals surface area contributed by atoms with Crippen molar-refractivity contribution in [2.24, 2.45) is 0 Å². The summed E-state index contributed by atoms with van der Waals surface area (Å²) in [5.74, 6) is -0.732. The van der Waals surface area contributed by atoms with E-state index in [9.17, 15) is 14.9 Å². The average Bonchev–Trinajstić information content (AvgIpc) is 2.37. The number of carboxylic acid groups (broad SMARTS) is 1. The second-order valence-corrected chi connectivity index (χ2v) is 4.67. The Kier molecular flexibility index (Phi) is 3.89. The summed E-state index contributed by atoms with van der Waals surface area (Å²) in [5, 5.41) is 20.0. The molecule has 0 aliphatic heterocycles. The zero-order valence-electron chi connectivity index (χ0n) is 11.5. The fourth-order valence-electron chi connectivity index (χ4n) is 1.91. The van der Waals surface area contributed by atoms with Gasteiger partial charge in [0.2, 0.25) is 0 Å². The standard InChI is InChI=1S/C15H13NO5/c1-9-3-4-13(15(17)18)14(7-9)21-12-6-10(2)5-11(8-12)16(19)20/h3-8H,1-2H3,(H,17,18). The monoisotopic (exact) mass is 287 g/mol. The molecule has 21 heavy (non-hydrogen) atoms. The third-order valence-electron chi connectivity index (χ3n) is 2.84. The lowest BCUT2D eigenvalue weighted by atomic mass is 10.1. The van der Waals surface area contributed by atoms with E-state index in [2.05, 4.69) is 0 Å². The maximum Gasteiger partial charge on any atom is 0.339 e. The highest BCUT2D eigenvalue weighted by atomic mass is 16.6. The minimum atomic E-state index is -1.12. The van der Waals surface area contributed by atoms with Crippen LogP contribution in [-0.4, -0.2) is 16.0 Å². The molecule has 0 amide bonds. The van der Waals surface area contributed by atoms with Crippen molar-refractivity contribution in [1.29, 1.82) is 0 Å². The number of non-ortho nitro benzene ring substituents is 1. The molecule has 6 nitrogen and oxygen atoms in total. The number of nitro groups is 1. The SMILES string of the molecule is Cc1cc(Oc2cc(C)ccc2C(=O)O)cc([N+](=O)[O-])c1. The van der Waals surface area contributed by atoms with Crippen molar-refractivity contribution in [3.8, 4) is 11.5 Å². The molecule has 2 aromatic rings. The zero-order valence-corrected chi connectivity index (χ0v) is 11.5. The van der Waals surface area contributed by atoms with Crippen molar-refractivity contribution < 1.29 is 19.6 Å². The van der Waals surface area contributed by atoms with Crippen molar-refractivity contribution in [3.63, 3.8) is 0 Å². The van der Waals surface area contributed by atoms with Crippen molar-refractivity contribution in [3.05, 3.63) is 63.2 Å². The van der Waals surface area contributed by atoms with Gasteiger partial charge in [-0.05, 0) is 43.2 Å². The van der Waals surface area contributed by atoms with Crippen LogP contribution in [0.2, 0.25) is 0 Å². The van der Waals surface area contributed by atoms with E-state index < -0.39 is 10.9 Å². The van der Waals surface area contributed by atoms with E-state index in [0.29, 0.717) is 5.56 Å². The van der Waals surface area contributed by atoms with Crippen LogP contribution in [0.3, 0.4) is 0 Å². The summed E-state index contributed by atoms with van der Waals surface area (Å²) in [6, 6.07) is 8.98. The van der Waals surface area contributed by atoms with Crippen molar-refractivity contribution in [2.45, 2.75) is 13.8 Å². The lowest BCUT2D eigenvalue weighted by molar-refractivity contribution is -0.385. The second-order valence-electron chi connectivity index (χ2n) is 4.67. The van der Waals surface area contributed by atoms with Crippen LogP contribution in [0.5, 0.6) is 11.5 Å². The van der Waals surface area contributed by atoms with Gasteiger partial charge in [-0.25, -0.2) is 4.79 Å². The quantitative estimate of drug-likeness (QED) is 0.684. The van der Waals surface area contributed by atoms with Crippen LogP contribution in [0.1, 0.15) is 21.5 Å². The van der Waals surface area contributed by atoms with E-state index in [1.807, 2.05) is 0 Å². The highest BCUT2D eigenvalue weighted by Crippen LogP contribution is 2.30. The maximum absolute atomic E-state index is 11.2. The van der Waals surface area contributed by atoms with E-state index in [4.69, 9.17) is 9.84 Å². The molecule has 0 aliphatic rings. The number of rotatable bonds is 4. The third kappa shape index (κ3) is 3.36. The summed E-state index contributed by atoms with van der Waals surface area (Å²) in [6.07, 6.45) is 0. The van der Waals surface area contributed by atoms with Gasteiger partial charge < -0.3 is 9.84 Å². The number of aryl methyl sites for hydroxylation is 2. The van der Waals surface area contributed by atoms with Crippen LogP contribution in [-0.2, 0) is 0 Å². The van der Waals surface area contributed by atoms with E-state index in [1.54, 1.807) is 32.0 Å². The first kappa shape index (κ1) is 14.5. The number of nitro benzene ring substituents is 1. The Labute approximate surface area is 120 Å². The predicted molar refractivity (Wildman–Crippen MR) is 76.0 cm³/mol. The summed E-state index contributed by atoms with van der Waals surface area (Å²) >= 11 is 0. The molecule has 0 bridgehead atoms. The molecule has 108 valence electrons. The van der Waals surface area contributed by atoms with Gasteiger partial charge in [-0.15, -0.1) is 0 Å². The lowest BCUT2D eigenvalue weighted by Gasteiger charge is -2.10. The van der Waals surface area contributed by atoms with Crippen LogP contribution in [0.25, 0.3) is 0 Å². The van der Waals surface area contributed by atoms with Gasteiger partial charge in [-0.3, -0.25) is 10.1 Å². The normalized spacial score (nSPS) is 10.2. The molecule has 2 aromatic carbocycles. The average molecular weight is 287 g/mol. The van der Waals surface area contributed by atoms with Gasteiger partial charge in [0.25, 0.3) is 5.69 Å². The van der Waals surface area contributed by atoms with Gasteiger partial charge in [-0.1, -0.05) is 6.07 Å². The highest BCUT2D eigenvalue weighted by Gasteiger charge is 2.14. The first-order valence-corrected chi connectivity index (χ1v) is 6.14. The molecule has 0 unspecified atom stereocenters. The number of benzene rings is 2. The van der Waals surface area contributed by atoms with Crippen LogP contribution < -0.4 is 4.74 Å². The van der Waals surface area contributed by atoms with Crippen LogP contribution in [0, 0.1) is 24.0 Å². The van der Waals surface area contributed by atoms with Gasteiger partial charge in [0.15, 0.2) is 0 Å². The van der Waals surface area contributed by atoms with E-state index in [1.165, 1.54) is 18.2 Å². The molecule has 0 spiro atoms. The molecule has 0 fully saturated rings. The van der Waals surface area contributed by atoms with Crippen LogP contribution in [0.4, 0.5) is 5.69 Å². The Morgan fingerprint density at radius 3 is 2.48 bits per heavy atom. The molecular formula is C15H13NO5. The maximum atomic E-state index is 11.2. The molecule has 0 atom stereocenters. The first-order chi connectivity index (χ1) is 9.86. The number of carboxylic acids is 1. The van der Waals surface area contributed by atoms with Crippen molar-refractivity contribution in [2.75, 3.05) is 0 Å². The second kappa shape index (κ2) is 5.62. The highest BCUT2D eigenvalue weighted by molar-refractivity contribution is 5.91. The minimum absolute atomic E-state index is 0.00441. The number of nitrogens with zero attached hydrogens (tertiary/aromatic N) is 1. The van der Waals surface area contributed by atoms with Gasteiger partial charge in [0.05, 0.1) is 11.0 Å². The molecule has 0 saturated heterocycles. The number of hydrogen-bond acceptors (Lipinski definition) is 4. The van der Waals surface area contributed by atoms with Gasteiger partial charge in [0.1, 0.15) is 17.1 Å². The van der Waals surface area contributed by atoms with Gasteiger partial charge in [0, 0.05) is 6.07 Å². The summed E-state index contributed by atoms with van der Waals surface area (Å²) in [7, 11) is 0. The Hall–Kier alpha value is -2.89. The number of ether oxygens (including phenoxy) is 1. The molecule has 6 heteroatoms. The predicted octanol–water partition coefficient (Wildman–Crippen LogP) is 3.70. The Morgan fingerprint density at radius 1 is 1.14 bits per heavy atom. The Bertz CT molecular complexity index is 724. The molecule has 0 saturated carbocycles. The van der Waals surface area contributed by atoms with Gasteiger partial charge in [-0.2, -0.15) is 0 Å². The lowest BCUT2D eigenvalue weighted by Crippen LogP contribution is -2.00. The largest absolute Gasteiger partial charge is 0.478 e. The molecular weight excluding hydrogens is 274 g/mol. The third-order valence-corrected chi connectivity index (χ3v) is 2.84. The van der Waals surface area contributed by atoms with Gasteiger partial charge >= 0.3 is 5.97 Å². The fourth-order valence-corrected chi connectivity index (χ4v) is 1.91. The first-order valence-electron chi connectivity index (χ1n) is 6.14. The Morgan fingerprint density at radius 2 is 1.86 bits per heavy atom. The van der Waals surface area contributed by atoms with E-state index in [-0.39, 0.29) is 22.7 Å². The van der Waals surface area contributed by atoms with E-state index in [0.717, 1.165) is 5.56 Å². The topological polar surface area (TPSA) is 89.7 Å². The molecule has 1 N–H and O–H groups in total. The summed E-state index contributed by atoms with van der Waals surface area (Å²) in [5.41, 5.74) is 1.39. The van der Waals surface area contributed by atoms with Crippen molar-refractivity contribution >= 4 is 11.7 Å².